The molecule has 0 aliphatic carbocycles. The largest absolute Gasteiger partial charge is 0.471 e. The maximum absolute atomic E-state index is 12.0. The van der Waals surface area contributed by atoms with Crippen molar-refractivity contribution in [2.24, 2.45) is 4.99 Å². The van der Waals surface area contributed by atoms with Crippen molar-refractivity contribution in [2.75, 3.05) is 12.3 Å². The van der Waals surface area contributed by atoms with E-state index in [1.165, 1.54) is 17.3 Å². The lowest BCUT2D eigenvalue weighted by atomic mass is 10.2. The van der Waals surface area contributed by atoms with Crippen LogP contribution in [0.4, 0.5) is 18.9 Å². The standard InChI is InChI=1S/C13H13F3N2OS2/c14-13(15,16)11(19)17-6-3-7-20-12-18-10-5-2-1-4-9(10)8-21-12/h1-2,4-5H,3,6-8H2,(H,17,19). The minimum absolute atomic E-state index is 0.0138. The first-order valence-electron chi connectivity index (χ1n) is 6.24. The maximum Gasteiger partial charge on any atom is 0.471 e. The van der Waals surface area contributed by atoms with E-state index < -0.39 is 12.1 Å². The number of thioether (sulfide) groups is 2. The number of halogens is 3. The van der Waals surface area contributed by atoms with Gasteiger partial charge in [-0.15, -0.1) is 0 Å². The molecule has 1 aromatic carbocycles. The van der Waals surface area contributed by atoms with E-state index in [-0.39, 0.29) is 6.54 Å². The van der Waals surface area contributed by atoms with Crippen molar-refractivity contribution in [2.45, 2.75) is 18.3 Å². The van der Waals surface area contributed by atoms with Crippen molar-refractivity contribution >= 4 is 39.5 Å². The summed E-state index contributed by atoms with van der Waals surface area (Å²) in [5, 5.41) is 1.85. The van der Waals surface area contributed by atoms with E-state index in [1.807, 2.05) is 29.6 Å². The Kier molecular flexibility index (Phi) is 5.58. The van der Waals surface area contributed by atoms with E-state index in [0.29, 0.717) is 12.2 Å². The van der Waals surface area contributed by atoms with Crippen molar-refractivity contribution in [1.29, 1.82) is 0 Å². The zero-order chi connectivity index (χ0) is 15.3. The number of aliphatic imine (C=N–C) groups is 1. The molecule has 1 amide bonds. The number of hydrogen-bond donors (Lipinski definition) is 1. The fraction of sp³-hybridized carbons (Fsp3) is 0.385. The number of amides is 1. The zero-order valence-corrected chi connectivity index (χ0v) is 12.6. The van der Waals surface area contributed by atoms with Crippen LogP contribution in [0.5, 0.6) is 0 Å². The Morgan fingerprint density at radius 1 is 1.38 bits per heavy atom. The van der Waals surface area contributed by atoms with Crippen LogP contribution in [0, 0.1) is 0 Å². The van der Waals surface area contributed by atoms with Crippen molar-refractivity contribution in [3.8, 4) is 0 Å². The number of alkyl halides is 3. The van der Waals surface area contributed by atoms with Gasteiger partial charge in [0, 0.05) is 18.1 Å². The summed E-state index contributed by atoms with van der Waals surface area (Å²) in [6.45, 7) is 0.0138. The van der Waals surface area contributed by atoms with Gasteiger partial charge in [0.15, 0.2) is 0 Å². The SMILES string of the molecule is O=C(NCCCSC1=Nc2ccccc2CS1)C(F)(F)F. The molecule has 0 unspecified atom stereocenters. The minimum Gasteiger partial charge on any atom is -0.348 e. The first-order chi connectivity index (χ1) is 9.97. The van der Waals surface area contributed by atoms with Crippen LogP contribution in [0.25, 0.3) is 0 Å². The number of para-hydroxylation sites is 1. The lowest BCUT2D eigenvalue weighted by Crippen LogP contribution is -2.37. The first-order valence-corrected chi connectivity index (χ1v) is 8.21. The first kappa shape index (κ1) is 16.2. The highest BCUT2D eigenvalue weighted by Gasteiger charge is 2.38. The van der Waals surface area contributed by atoms with Gasteiger partial charge in [0.05, 0.1) is 5.69 Å². The Labute approximate surface area is 128 Å². The number of nitrogens with zero attached hydrogens (tertiary/aromatic N) is 1. The molecular weight excluding hydrogens is 321 g/mol. The van der Waals surface area contributed by atoms with Crippen molar-refractivity contribution in [1.82, 2.24) is 5.32 Å². The number of hydrogen-bond acceptors (Lipinski definition) is 4. The van der Waals surface area contributed by atoms with E-state index in [9.17, 15) is 18.0 Å². The molecule has 3 nitrogen and oxygen atoms in total. The molecule has 0 spiro atoms. The fourth-order valence-electron chi connectivity index (χ4n) is 1.62. The van der Waals surface area contributed by atoms with Gasteiger partial charge in [0.1, 0.15) is 4.38 Å². The summed E-state index contributed by atoms with van der Waals surface area (Å²) < 4.78 is 36.8. The second kappa shape index (κ2) is 7.22. The molecule has 0 saturated carbocycles. The monoisotopic (exact) mass is 334 g/mol. The summed E-state index contributed by atoms with van der Waals surface area (Å²) in [5.74, 6) is -0.412. The molecule has 0 radical (unpaired) electrons. The highest BCUT2D eigenvalue weighted by Crippen LogP contribution is 2.34. The van der Waals surface area contributed by atoms with Crippen LogP contribution in [-0.2, 0) is 10.5 Å². The smallest absolute Gasteiger partial charge is 0.348 e. The zero-order valence-electron chi connectivity index (χ0n) is 10.9. The summed E-state index contributed by atoms with van der Waals surface area (Å²) in [5.41, 5.74) is 2.13. The van der Waals surface area contributed by atoms with Gasteiger partial charge in [-0.25, -0.2) is 4.99 Å². The number of benzene rings is 1. The Morgan fingerprint density at radius 3 is 2.90 bits per heavy atom. The van der Waals surface area contributed by atoms with Gasteiger partial charge in [0.2, 0.25) is 0 Å². The van der Waals surface area contributed by atoms with Gasteiger partial charge < -0.3 is 5.32 Å². The molecule has 1 aliphatic heterocycles. The Hall–Kier alpha value is -1.15. The lowest BCUT2D eigenvalue weighted by molar-refractivity contribution is -0.173. The molecule has 8 heteroatoms. The van der Waals surface area contributed by atoms with Gasteiger partial charge >= 0.3 is 12.1 Å². The van der Waals surface area contributed by atoms with Crippen LogP contribution >= 0.6 is 23.5 Å². The van der Waals surface area contributed by atoms with Crippen LogP contribution in [-0.4, -0.2) is 28.8 Å². The molecule has 114 valence electrons. The third-order valence-corrected chi connectivity index (χ3v) is 4.98. The third-order valence-electron chi connectivity index (χ3n) is 2.64. The van der Waals surface area contributed by atoms with E-state index in [4.69, 9.17) is 0 Å². The van der Waals surface area contributed by atoms with E-state index in [0.717, 1.165) is 15.8 Å². The average molecular weight is 334 g/mol. The van der Waals surface area contributed by atoms with Crippen LogP contribution in [0.1, 0.15) is 12.0 Å². The highest BCUT2D eigenvalue weighted by molar-refractivity contribution is 8.38. The van der Waals surface area contributed by atoms with Crippen LogP contribution in [0.15, 0.2) is 29.3 Å². The number of rotatable bonds is 4. The average Bonchev–Trinajstić information content (AvgIpc) is 2.45. The number of carbonyl (C=O) groups excluding carboxylic acids is 1. The van der Waals surface area contributed by atoms with E-state index in [1.54, 1.807) is 11.8 Å². The third kappa shape index (κ3) is 4.96. The van der Waals surface area contributed by atoms with Gasteiger partial charge in [0.25, 0.3) is 0 Å². The number of fused-ring (bicyclic) bond motifs is 1. The molecule has 0 fully saturated rings. The molecule has 21 heavy (non-hydrogen) atoms. The van der Waals surface area contributed by atoms with Crippen LogP contribution in [0.2, 0.25) is 0 Å². The molecule has 1 aromatic rings. The van der Waals surface area contributed by atoms with Gasteiger partial charge in [-0.2, -0.15) is 13.2 Å². The molecule has 1 aliphatic rings. The summed E-state index contributed by atoms with van der Waals surface area (Å²) in [6.07, 6.45) is -4.34. The Balaban J connectivity index is 1.71. The Bertz CT molecular complexity index is 546. The van der Waals surface area contributed by atoms with Gasteiger partial charge in [-0.3, -0.25) is 4.79 Å². The number of nitrogens with one attached hydrogen (secondary N) is 1. The van der Waals surface area contributed by atoms with E-state index >= 15 is 0 Å². The highest BCUT2D eigenvalue weighted by atomic mass is 32.2. The minimum atomic E-state index is -4.81. The molecule has 0 bridgehead atoms. The normalized spacial score (nSPS) is 14.3. The van der Waals surface area contributed by atoms with Crippen LogP contribution < -0.4 is 5.32 Å². The second-order valence-corrected chi connectivity index (χ2v) is 6.56. The van der Waals surface area contributed by atoms with Crippen molar-refractivity contribution < 1.29 is 18.0 Å². The summed E-state index contributed by atoms with van der Waals surface area (Å²) in [7, 11) is 0. The summed E-state index contributed by atoms with van der Waals surface area (Å²) >= 11 is 3.12. The molecule has 1 N–H and O–H groups in total. The van der Waals surface area contributed by atoms with Crippen LogP contribution in [0.3, 0.4) is 0 Å². The molecule has 2 rings (SSSR count). The molecule has 1 heterocycles. The summed E-state index contributed by atoms with van der Waals surface area (Å²) in [4.78, 5) is 15.1. The summed E-state index contributed by atoms with van der Waals surface area (Å²) in [6, 6.07) is 7.86. The predicted molar refractivity (Wildman–Crippen MR) is 81.0 cm³/mol. The van der Waals surface area contributed by atoms with Gasteiger partial charge in [-0.1, -0.05) is 41.7 Å². The second-order valence-electron chi connectivity index (χ2n) is 4.25. The number of carbonyl (C=O) groups is 1. The topological polar surface area (TPSA) is 41.5 Å². The van der Waals surface area contributed by atoms with Crippen molar-refractivity contribution in [3.63, 3.8) is 0 Å². The maximum atomic E-state index is 12.0. The molecular formula is C13H13F3N2OS2. The fourth-order valence-corrected chi connectivity index (χ4v) is 3.69. The van der Waals surface area contributed by atoms with Gasteiger partial charge in [-0.05, 0) is 18.1 Å². The Morgan fingerprint density at radius 2 is 2.14 bits per heavy atom. The van der Waals surface area contributed by atoms with Crippen molar-refractivity contribution in [3.05, 3.63) is 29.8 Å². The predicted octanol–water partition coefficient (Wildman–Crippen LogP) is 3.72. The molecule has 0 atom stereocenters. The van der Waals surface area contributed by atoms with E-state index in [2.05, 4.69) is 4.99 Å². The quantitative estimate of drug-likeness (QED) is 0.853. The lowest BCUT2D eigenvalue weighted by Gasteiger charge is -2.14. The molecule has 0 aromatic heterocycles. The molecule has 0 saturated heterocycles.